The quantitative estimate of drug-likeness (QED) is 0.687. The van der Waals surface area contributed by atoms with Crippen molar-refractivity contribution in [3.05, 3.63) is 54.2 Å². The van der Waals surface area contributed by atoms with E-state index in [9.17, 15) is 4.79 Å². The number of hydrogen-bond acceptors (Lipinski definition) is 2. The topological polar surface area (TPSA) is 57.2 Å². The van der Waals surface area contributed by atoms with Gasteiger partial charge in [-0.05, 0) is 53.8 Å². The van der Waals surface area contributed by atoms with Crippen LogP contribution >= 0.6 is 0 Å². The van der Waals surface area contributed by atoms with Crippen molar-refractivity contribution >= 4 is 16.8 Å². The van der Waals surface area contributed by atoms with E-state index < -0.39 is 0 Å². The SMILES string of the molecule is CCOc1cccc(-c2ccc3c(c2)c(CC(N)=O)cn3CC(C)C)c1. The van der Waals surface area contributed by atoms with Gasteiger partial charge in [-0.15, -0.1) is 0 Å². The summed E-state index contributed by atoms with van der Waals surface area (Å²) in [5.74, 6) is 1.08. The summed E-state index contributed by atoms with van der Waals surface area (Å²) in [5.41, 5.74) is 9.79. The second kappa shape index (κ2) is 7.65. The first-order valence-corrected chi connectivity index (χ1v) is 9.11. The fraction of sp³-hybridized carbons (Fsp3) is 0.318. The molecule has 0 aliphatic rings. The Hall–Kier alpha value is -2.75. The molecule has 0 spiro atoms. The van der Waals surface area contributed by atoms with E-state index in [4.69, 9.17) is 10.5 Å². The molecule has 0 saturated carbocycles. The molecule has 0 aliphatic carbocycles. The standard InChI is InChI=1S/C22H26N2O2/c1-4-26-19-7-5-6-16(10-19)17-8-9-21-20(11-17)18(12-22(23)25)14-24(21)13-15(2)3/h5-11,14-15H,4,12-13H2,1-3H3,(H2,23,25). The van der Waals surface area contributed by atoms with Crippen molar-refractivity contribution in [1.82, 2.24) is 4.57 Å². The van der Waals surface area contributed by atoms with Crippen molar-refractivity contribution < 1.29 is 9.53 Å². The molecule has 26 heavy (non-hydrogen) atoms. The van der Waals surface area contributed by atoms with Gasteiger partial charge in [0.25, 0.3) is 0 Å². The predicted octanol–water partition coefficient (Wildman–Crippen LogP) is 4.39. The van der Waals surface area contributed by atoms with Gasteiger partial charge in [-0.3, -0.25) is 4.79 Å². The van der Waals surface area contributed by atoms with Crippen molar-refractivity contribution in [2.24, 2.45) is 11.7 Å². The molecular formula is C22H26N2O2. The van der Waals surface area contributed by atoms with Crippen LogP contribution in [0.15, 0.2) is 48.7 Å². The Morgan fingerprint density at radius 3 is 2.62 bits per heavy atom. The lowest BCUT2D eigenvalue weighted by atomic mass is 10.0. The molecule has 4 heteroatoms. The number of rotatable bonds is 7. The van der Waals surface area contributed by atoms with Gasteiger partial charge in [0.1, 0.15) is 5.75 Å². The first kappa shape index (κ1) is 18.1. The minimum atomic E-state index is -0.308. The number of amides is 1. The van der Waals surface area contributed by atoms with Gasteiger partial charge in [0.05, 0.1) is 13.0 Å². The minimum absolute atomic E-state index is 0.254. The maximum absolute atomic E-state index is 11.5. The van der Waals surface area contributed by atoms with E-state index in [0.717, 1.165) is 39.9 Å². The zero-order chi connectivity index (χ0) is 18.7. The highest BCUT2D eigenvalue weighted by Crippen LogP contribution is 2.30. The summed E-state index contributed by atoms with van der Waals surface area (Å²) >= 11 is 0. The monoisotopic (exact) mass is 350 g/mol. The van der Waals surface area contributed by atoms with Crippen LogP contribution in [0.2, 0.25) is 0 Å². The average molecular weight is 350 g/mol. The molecule has 1 heterocycles. The maximum atomic E-state index is 11.5. The lowest BCUT2D eigenvalue weighted by Crippen LogP contribution is -2.13. The molecular weight excluding hydrogens is 324 g/mol. The summed E-state index contributed by atoms with van der Waals surface area (Å²) < 4.78 is 7.84. The van der Waals surface area contributed by atoms with Crippen molar-refractivity contribution in [3.8, 4) is 16.9 Å². The highest BCUT2D eigenvalue weighted by Gasteiger charge is 2.13. The summed E-state index contributed by atoms with van der Waals surface area (Å²) in [6.07, 6.45) is 2.32. The number of hydrogen-bond donors (Lipinski definition) is 1. The zero-order valence-corrected chi connectivity index (χ0v) is 15.7. The van der Waals surface area contributed by atoms with Crippen LogP contribution in [0.3, 0.4) is 0 Å². The van der Waals surface area contributed by atoms with Crippen LogP contribution in [-0.4, -0.2) is 17.1 Å². The number of ether oxygens (including phenoxy) is 1. The Labute approximate surface area is 154 Å². The Balaban J connectivity index is 2.09. The summed E-state index contributed by atoms with van der Waals surface area (Å²) in [6, 6.07) is 14.5. The minimum Gasteiger partial charge on any atom is -0.494 e. The van der Waals surface area contributed by atoms with Crippen LogP contribution < -0.4 is 10.5 Å². The molecule has 0 fully saturated rings. The molecule has 0 bridgehead atoms. The van der Waals surface area contributed by atoms with Crippen LogP contribution in [-0.2, 0) is 17.8 Å². The normalized spacial score (nSPS) is 11.2. The first-order valence-electron chi connectivity index (χ1n) is 9.11. The predicted molar refractivity (Wildman–Crippen MR) is 106 cm³/mol. The molecule has 0 atom stereocenters. The number of nitrogens with zero attached hydrogens (tertiary/aromatic N) is 1. The Kier molecular flexibility index (Phi) is 5.31. The Morgan fingerprint density at radius 1 is 1.15 bits per heavy atom. The van der Waals surface area contributed by atoms with Crippen LogP contribution in [0.5, 0.6) is 5.75 Å². The molecule has 0 aliphatic heterocycles. The third-order valence-corrected chi connectivity index (χ3v) is 4.37. The van der Waals surface area contributed by atoms with Gasteiger partial charge >= 0.3 is 0 Å². The van der Waals surface area contributed by atoms with Crippen molar-refractivity contribution in [1.29, 1.82) is 0 Å². The number of carbonyl (C=O) groups excluding carboxylic acids is 1. The lowest BCUT2D eigenvalue weighted by molar-refractivity contribution is -0.117. The van der Waals surface area contributed by atoms with Gasteiger partial charge in [-0.1, -0.05) is 32.0 Å². The number of carbonyl (C=O) groups is 1. The molecule has 1 aromatic heterocycles. The fourth-order valence-corrected chi connectivity index (χ4v) is 3.36. The van der Waals surface area contributed by atoms with Crippen LogP contribution in [0.1, 0.15) is 26.3 Å². The van der Waals surface area contributed by atoms with Crippen LogP contribution in [0.25, 0.3) is 22.0 Å². The van der Waals surface area contributed by atoms with E-state index in [0.29, 0.717) is 12.5 Å². The molecule has 4 nitrogen and oxygen atoms in total. The molecule has 2 aromatic carbocycles. The summed E-state index contributed by atoms with van der Waals surface area (Å²) in [6.45, 7) is 7.91. The second-order valence-corrected chi connectivity index (χ2v) is 7.04. The smallest absolute Gasteiger partial charge is 0.221 e. The molecule has 2 N–H and O–H groups in total. The molecule has 3 aromatic rings. The van der Waals surface area contributed by atoms with E-state index in [2.05, 4.69) is 48.9 Å². The van der Waals surface area contributed by atoms with E-state index in [-0.39, 0.29) is 12.3 Å². The van der Waals surface area contributed by atoms with Gasteiger partial charge in [-0.25, -0.2) is 0 Å². The molecule has 1 amide bonds. The van der Waals surface area contributed by atoms with Crippen molar-refractivity contribution in [3.63, 3.8) is 0 Å². The lowest BCUT2D eigenvalue weighted by Gasteiger charge is -2.09. The van der Waals surface area contributed by atoms with E-state index in [1.54, 1.807) is 0 Å². The molecule has 0 saturated heterocycles. The van der Waals surface area contributed by atoms with Crippen LogP contribution in [0.4, 0.5) is 0 Å². The van der Waals surface area contributed by atoms with Crippen molar-refractivity contribution in [2.75, 3.05) is 6.61 Å². The zero-order valence-electron chi connectivity index (χ0n) is 15.7. The Morgan fingerprint density at radius 2 is 1.92 bits per heavy atom. The molecule has 3 rings (SSSR count). The third kappa shape index (κ3) is 3.90. The van der Waals surface area contributed by atoms with E-state index in [1.165, 1.54) is 0 Å². The number of fused-ring (bicyclic) bond motifs is 1. The highest BCUT2D eigenvalue weighted by molar-refractivity contribution is 5.92. The Bertz CT molecular complexity index is 925. The maximum Gasteiger partial charge on any atom is 0.221 e. The number of benzene rings is 2. The van der Waals surface area contributed by atoms with Gasteiger partial charge in [0.15, 0.2) is 0 Å². The summed E-state index contributed by atoms with van der Waals surface area (Å²) in [4.78, 5) is 11.5. The first-order chi connectivity index (χ1) is 12.5. The van der Waals surface area contributed by atoms with E-state index in [1.807, 2.05) is 25.1 Å². The molecule has 136 valence electrons. The fourth-order valence-electron chi connectivity index (χ4n) is 3.36. The van der Waals surface area contributed by atoms with Gasteiger partial charge in [0, 0.05) is 23.6 Å². The average Bonchev–Trinajstić information content (AvgIpc) is 2.91. The highest BCUT2D eigenvalue weighted by atomic mass is 16.5. The second-order valence-electron chi connectivity index (χ2n) is 7.04. The van der Waals surface area contributed by atoms with Crippen LogP contribution in [0, 0.1) is 5.92 Å². The molecule has 0 unspecified atom stereocenters. The van der Waals surface area contributed by atoms with Gasteiger partial charge < -0.3 is 15.0 Å². The summed E-state index contributed by atoms with van der Waals surface area (Å²) in [5, 5.41) is 1.09. The number of nitrogens with two attached hydrogens (primary N) is 1. The number of primary amides is 1. The van der Waals surface area contributed by atoms with Crippen molar-refractivity contribution in [2.45, 2.75) is 33.7 Å². The largest absolute Gasteiger partial charge is 0.494 e. The van der Waals surface area contributed by atoms with E-state index >= 15 is 0 Å². The third-order valence-electron chi connectivity index (χ3n) is 4.37. The van der Waals surface area contributed by atoms with Gasteiger partial charge in [-0.2, -0.15) is 0 Å². The van der Waals surface area contributed by atoms with Gasteiger partial charge in [0.2, 0.25) is 5.91 Å². The number of aromatic nitrogens is 1. The molecule has 0 radical (unpaired) electrons. The summed E-state index contributed by atoms with van der Waals surface area (Å²) in [7, 11) is 0.